The Morgan fingerprint density at radius 2 is 1.84 bits per heavy atom. The predicted octanol–water partition coefficient (Wildman–Crippen LogP) is 3.52. The fourth-order valence-corrected chi connectivity index (χ4v) is 3.32. The van der Waals surface area contributed by atoms with Crippen LogP contribution >= 0.6 is 0 Å². The number of unbranched alkanes of at least 4 members (excludes halogenated alkanes) is 1. The van der Waals surface area contributed by atoms with E-state index in [0.717, 1.165) is 25.2 Å². The van der Waals surface area contributed by atoms with E-state index in [0.29, 0.717) is 18.0 Å². The second-order valence-corrected chi connectivity index (χ2v) is 7.37. The first-order valence-corrected chi connectivity index (χ1v) is 9.87. The molecule has 0 aliphatic rings. The molecule has 2 aromatic rings. The van der Waals surface area contributed by atoms with Gasteiger partial charge >= 0.3 is 0 Å². The number of rotatable bonds is 9. The zero-order chi connectivity index (χ0) is 18.3. The molecule has 1 heterocycles. The highest BCUT2D eigenvalue weighted by Crippen LogP contribution is 2.20. The standard InChI is InChI=1S/C18H25N3O3S/c1-4-6-13-21(3)18-12-7-15(14-19-18)20-25(22,23)17-10-8-16(9-11-17)24-5-2/h7-12,14,20H,4-6,13H2,1-3H3. The third-order valence-corrected chi connectivity index (χ3v) is 5.08. The monoisotopic (exact) mass is 363 g/mol. The molecule has 0 unspecified atom stereocenters. The Balaban J connectivity index is 2.07. The van der Waals surface area contributed by atoms with Gasteiger partial charge in [0.05, 0.1) is 23.4 Å². The molecule has 0 spiro atoms. The van der Waals surface area contributed by atoms with Gasteiger partial charge in [0, 0.05) is 13.6 Å². The summed E-state index contributed by atoms with van der Waals surface area (Å²) in [6.45, 7) is 5.47. The summed E-state index contributed by atoms with van der Waals surface area (Å²) in [5, 5.41) is 0. The van der Waals surface area contributed by atoms with Crippen molar-refractivity contribution in [1.82, 2.24) is 4.98 Å². The van der Waals surface area contributed by atoms with Crippen LogP contribution in [-0.2, 0) is 10.0 Å². The molecule has 0 bridgehead atoms. The van der Waals surface area contributed by atoms with Gasteiger partial charge in [-0.15, -0.1) is 0 Å². The Morgan fingerprint density at radius 1 is 1.12 bits per heavy atom. The fraction of sp³-hybridized carbons (Fsp3) is 0.389. The summed E-state index contributed by atoms with van der Waals surface area (Å²) in [4.78, 5) is 6.56. The van der Waals surface area contributed by atoms with E-state index in [4.69, 9.17) is 4.74 Å². The van der Waals surface area contributed by atoms with Crippen LogP contribution in [0.2, 0.25) is 0 Å². The number of sulfonamides is 1. The molecule has 1 aromatic carbocycles. The summed E-state index contributed by atoms with van der Waals surface area (Å²) in [6.07, 6.45) is 3.73. The minimum Gasteiger partial charge on any atom is -0.494 e. The summed E-state index contributed by atoms with van der Waals surface area (Å²) >= 11 is 0. The first-order chi connectivity index (χ1) is 12.0. The quantitative estimate of drug-likeness (QED) is 0.738. The molecule has 1 aromatic heterocycles. The number of hydrogen-bond donors (Lipinski definition) is 1. The molecule has 7 heteroatoms. The molecule has 136 valence electrons. The summed E-state index contributed by atoms with van der Waals surface area (Å²) in [6, 6.07) is 9.86. The maximum Gasteiger partial charge on any atom is 0.261 e. The molecule has 25 heavy (non-hydrogen) atoms. The van der Waals surface area contributed by atoms with Crippen molar-refractivity contribution in [1.29, 1.82) is 0 Å². The number of aromatic nitrogens is 1. The van der Waals surface area contributed by atoms with E-state index in [9.17, 15) is 8.42 Å². The van der Waals surface area contributed by atoms with Crippen LogP contribution in [0.5, 0.6) is 5.75 Å². The van der Waals surface area contributed by atoms with Crippen molar-refractivity contribution >= 4 is 21.5 Å². The number of nitrogens with one attached hydrogen (secondary N) is 1. The lowest BCUT2D eigenvalue weighted by molar-refractivity contribution is 0.340. The lowest BCUT2D eigenvalue weighted by Gasteiger charge is -2.18. The third kappa shape index (κ3) is 5.35. The van der Waals surface area contributed by atoms with E-state index >= 15 is 0 Å². The van der Waals surface area contributed by atoms with Gasteiger partial charge in [-0.25, -0.2) is 13.4 Å². The number of ether oxygens (including phenoxy) is 1. The van der Waals surface area contributed by atoms with Crippen LogP contribution in [0, 0.1) is 0 Å². The van der Waals surface area contributed by atoms with Crippen molar-refractivity contribution in [2.24, 2.45) is 0 Å². The maximum absolute atomic E-state index is 12.4. The molecule has 0 amide bonds. The number of pyridine rings is 1. The van der Waals surface area contributed by atoms with Gasteiger partial charge in [0.2, 0.25) is 0 Å². The third-order valence-electron chi connectivity index (χ3n) is 3.68. The van der Waals surface area contributed by atoms with E-state index in [1.54, 1.807) is 18.2 Å². The average Bonchev–Trinajstić information content (AvgIpc) is 2.61. The van der Waals surface area contributed by atoms with Crippen molar-refractivity contribution in [3.8, 4) is 5.75 Å². The highest BCUT2D eigenvalue weighted by molar-refractivity contribution is 7.92. The first-order valence-electron chi connectivity index (χ1n) is 8.39. The highest BCUT2D eigenvalue weighted by Gasteiger charge is 2.14. The van der Waals surface area contributed by atoms with E-state index in [2.05, 4.69) is 16.6 Å². The topological polar surface area (TPSA) is 71.5 Å². The molecule has 1 N–H and O–H groups in total. The zero-order valence-electron chi connectivity index (χ0n) is 14.9. The summed E-state index contributed by atoms with van der Waals surface area (Å²) in [5.74, 6) is 1.46. The number of nitrogens with zero attached hydrogens (tertiary/aromatic N) is 2. The Bertz CT molecular complexity index is 759. The Labute approximate surface area is 149 Å². The zero-order valence-corrected chi connectivity index (χ0v) is 15.7. The van der Waals surface area contributed by atoms with Crippen LogP contribution in [0.15, 0.2) is 47.5 Å². The van der Waals surface area contributed by atoms with Crippen LogP contribution in [-0.4, -0.2) is 33.6 Å². The van der Waals surface area contributed by atoms with Gasteiger partial charge in [0.1, 0.15) is 11.6 Å². The van der Waals surface area contributed by atoms with Gasteiger partial charge in [-0.2, -0.15) is 0 Å². The lowest BCUT2D eigenvalue weighted by Crippen LogP contribution is -2.19. The molecule has 0 aliphatic carbocycles. The molecule has 0 saturated heterocycles. The maximum atomic E-state index is 12.4. The summed E-state index contributed by atoms with van der Waals surface area (Å²) in [7, 11) is -1.68. The van der Waals surface area contributed by atoms with E-state index in [1.165, 1.54) is 18.3 Å². The molecule has 0 aliphatic heterocycles. The molecular formula is C18H25N3O3S. The minimum atomic E-state index is -3.65. The molecule has 2 rings (SSSR count). The second kappa shape index (κ2) is 8.71. The van der Waals surface area contributed by atoms with Gasteiger partial charge in [-0.1, -0.05) is 13.3 Å². The van der Waals surface area contributed by atoms with Crippen LogP contribution in [0.1, 0.15) is 26.7 Å². The number of hydrogen-bond acceptors (Lipinski definition) is 5. The molecule has 0 saturated carbocycles. The SMILES string of the molecule is CCCCN(C)c1ccc(NS(=O)(=O)c2ccc(OCC)cc2)cn1. The van der Waals surface area contributed by atoms with Crippen molar-refractivity contribution in [3.63, 3.8) is 0 Å². The highest BCUT2D eigenvalue weighted by atomic mass is 32.2. The molecule has 0 radical (unpaired) electrons. The van der Waals surface area contributed by atoms with Crippen LogP contribution < -0.4 is 14.4 Å². The largest absolute Gasteiger partial charge is 0.494 e. The summed E-state index contributed by atoms with van der Waals surface area (Å²) < 4.78 is 32.8. The van der Waals surface area contributed by atoms with Crippen molar-refractivity contribution in [3.05, 3.63) is 42.6 Å². The van der Waals surface area contributed by atoms with E-state index < -0.39 is 10.0 Å². The lowest BCUT2D eigenvalue weighted by atomic mass is 10.3. The van der Waals surface area contributed by atoms with Gasteiger partial charge in [-0.05, 0) is 49.7 Å². The van der Waals surface area contributed by atoms with Gasteiger partial charge in [-0.3, -0.25) is 4.72 Å². The predicted molar refractivity (Wildman–Crippen MR) is 101 cm³/mol. The van der Waals surface area contributed by atoms with Gasteiger partial charge in [0.25, 0.3) is 10.0 Å². The van der Waals surface area contributed by atoms with Crippen LogP contribution in [0.4, 0.5) is 11.5 Å². The fourth-order valence-electron chi connectivity index (χ4n) is 2.28. The smallest absolute Gasteiger partial charge is 0.261 e. The molecule has 6 nitrogen and oxygen atoms in total. The Kier molecular flexibility index (Phi) is 6.64. The molecule has 0 atom stereocenters. The average molecular weight is 363 g/mol. The molecular weight excluding hydrogens is 338 g/mol. The van der Waals surface area contributed by atoms with Crippen LogP contribution in [0.25, 0.3) is 0 Å². The van der Waals surface area contributed by atoms with Crippen molar-refractivity contribution in [2.75, 3.05) is 29.8 Å². The minimum absolute atomic E-state index is 0.181. The number of benzene rings is 1. The van der Waals surface area contributed by atoms with Gasteiger partial charge < -0.3 is 9.64 Å². The van der Waals surface area contributed by atoms with E-state index in [1.807, 2.05) is 24.9 Å². The Morgan fingerprint density at radius 3 is 2.40 bits per heavy atom. The number of anilines is 2. The van der Waals surface area contributed by atoms with E-state index in [-0.39, 0.29) is 4.90 Å². The Hall–Kier alpha value is -2.28. The van der Waals surface area contributed by atoms with Gasteiger partial charge in [0.15, 0.2) is 0 Å². The van der Waals surface area contributed by atoms with Crippen LogP contribution in [0.3, 0.4) is 0 Å². The second-order valence-electron chi connectivity index (χ2n) is 5.69. The molecule has 0 fully saturated rings. The van der Waals surface area contributed by atoms with Crippen molar-refractivity contribution < 1.29 is 13.2 Å². The first kappa shape index (κ1) is 19.1. The normalized spacial score (nSPS) is 11.2. The summed E-state index contributed by atoms with van der Waals surface area (Å²) in [5.41, 5.74) is 0.432. The van der Waals surface area contributed by atoms with Crippen molar-refractivity contribution in [2.45, 2.75) is 31.6 Å².